The van der Waals surface area contributed by atoms with Gasteiger partial charge in [-0.1, -0.05) is 18.2 Å². The second kappa shape index (κ2) is 4.92. The number of rotatable bonds is 2. The van der Waals surface area contributed by atoms with Crippen LogP contribution in [0.1, 0.15) is 23.2 Å². The Balaban J connectivity index is 1.94. The molecule has 1 fully saturated rings. The van der Waals surface area contributed by atoms with Gasteiger partial charge in [0.05, 0.1) is 11.1 Å². The van der Waals surface area contributed by atoms with Crippen molar-refractivity contribution in [2.45, 2.75) is 18.9 Å². The SMILES string of the molecule is O=C(O)C1CCCN1C(=O)c1cnc2ccccc2c1. The monoisotopic (exact) mass is 270 g/mol. The average Bonchev–Trinajstić information content (AvgIpc) is 2.95. The first-order chi connectivity index (χ1) is 9.66. The number of para-hydroxylation sites is 1. The molecular formula is C15H14N2O3. The predicted octanol–water partition coefficient (Wildman–Crippen LogP) is 1.92. The number of carboxylic acid groups (broad SMARTS) is 1. The van der Waals surface area contributed by atoms with Crippen LogP contribution in [0.2, 0.25) is 0 Å². The molecule has 0 aliphatic carbocycles. The van der Waals surface area contributed by atoms with Gasteiger partial charge in [-0.2, -0.15) is 0 Å². The standard InChI is InChI=1S/C15H14N2O3/c18-14(17-7-3-6-13(17)15(19)20)11-8-10-4-1-2-5-12(10)16-9-11/h1-2,4-5,8-9,13H,3,6-7H2,(H,19,20). The van der Waals surface area contributed by atoms with E-state index in [-0.39, 0.29) is 5.91 Å². The van der Waals surface area contributed by atoms with Crippen molar-refractivity contribution in [1.29, 1.82) is 0 Å². The summed E-state index contributed by atoms with van der Waals surface area (Å²) in [4.78, 5) is 29.3. The Labute approximate surface area is 115 Å². The summed E-state index contributed by atoms with van der Waals surface area (Å²) in [5.74, 6) is -1.20. The number of hydrogen-bond acceptors (Lipinski definition) is 3. The van der Waals surface area contributed by atoms with Crippen LogP contribution in [0.25, 0.3) is 10.9 Å². The smallest absolute Gasteiger partial charge is 0.326 e. The maximum absolute atomic E-state index is 12.4. The largest absolute Gasteiger partial charge is 0.480 e. The molecule has 1 N–H and O–H groups in total. The molecule has 2 heterocycles. The molecular weight excluding hydrogens is 256 g/mol. The highest BCUT2D eigenvalue weighted by atomic mass is 16.4. The molecule has 1 aliphatic heterocycles. The second-order valence-electron chi connectivity index (χ2n) is 4.91. The predicted molar refractivity (Wildman–Crippen MR) is 73.4 cm³/mol. The zero-order valence-electron chi connectivity index (χ0n) is 10.8. The molecule has 5 heteroatoms. The lowest BCUT2D eigenvalue weighted by atomic mass is 10.1. The number of aliphatic carboxylic acids is 1. The highest BCUT2D eigenvalue weighted by molar-refractivity contribution is 5.99. The summed E-state index contributed by atoms with van der Waals surface area (Å²) in [6, 6.07) is 8.58. The van der Waals surface area contributed by atoms with Gasteiger partial charge in [-0.25, -0.2) is 4.79 Å². The van der Waals surface area contributed by atoms with E-state index in [2.05, 4.69) is 4.98 Å². The van der Waals surface area contributed by atoms with E-state index in [1.807, 2.05) is 24.3 Å². The van der Waals surface area contributed by atoms with Gasteiger partial charge in [0.1, 0.15) is 6.04 Å². The van der Waals surface area contributed by atoms with E-state index >= 15 is 0 Å². The van der Waals surface area contributed by atoms with Crippen LogP contribution in [0.3, 0.4) is 0 Å². The van der Waals surface area contributed by atoms with Gasteiger partial charge in [0, 0.05) is 18.1 Å². The summed E-state index contributed by atoms with van der Waals surface area (Å²) < 4.78 is 0. The van der Waals surface area contributed by atoms with E-state index in [4.69, 9.17) is 5.11 Å². The van der Waals surface area contributed by atoms with Crippen LogP contribution in [0.5, 0.6) is 0 Å². The van der Waals surface area contributed by atoms with Crippen molar-refractivity contribution in [3.05, 3.63) is 42.1 Å². The number of nitrogens with zero attached hydrogens (tertiary/aromatic N) is 2. The third kappa shape index (κ3) is 2.11. The summed E-state index contributed by atoms with van der Waals surface area (Å²) in [7, 11) is 0. The Hall–Kier alpha value is -2.43. The van der Waals surface area contributed by atoms with Crippen LogP contribution in [-0.4, -0.2) is 39.5 Å². The number of amides is 1. The van der Waals surface area contributed by atoms with E-state index < -0.39 is 12.0 Å². The average molecular weight is 270 g/mol. The summed E-state index contributed by atoms with van der Waals surface area (Å²) in [5.41, 5.74) is 1.26. The van der Waals surface area contributed by atoms with Crippen molar-refractivity contribution in [2.24, 2.45) is 0 Å². The van der Waals surface area contributed by atoms with E-state index in [9.17, 15) is 9.59 Å². The Kier molecular flexibility index (Phi) is 3.10. The molecule has 5 nitrogen and oxygen atoms in total. The molecule has 3 rings (SSSR count). The van der Waals surface area contributed by atoms with E-state index in [1.165, 1.54) is 11.1 Å². The molecule has 1 aromatic carbocycles. The van der Waals surface area contributed by atoms with Gasteiger partial charge in [-0.05, 0) is 25.0 Å². The van der Waals surface area contributed by atoms with E-state index in [0.717, 1.165) is 17.3 Å². The molecule has 1 amide bonds. The lowest BCUT2D eigenvalue weighted by Crippen LogP contribution is -2.40. The highest BCUT2D eigenvalue weighted by Crippen LogP contribution is 2.21. The van der Waals surface area contributed by atoms with E-state index in [1.54, 1.807) is 6.07 Å². The summed E-state index contributed by atoms with van der Waals surface area (Å²) in [6.45, 7) is 0.489. The molecule has 0 saturated carbocycles. The third-order valence-corrected chi connectivity index (χ3v) is 3.64. The number of carbonyl (C=O) groups excluding carboxylic acids is 1. The number of carboxylic acids is 1. The number of hydrogen-bond donors (Lipinski definition) is 1. The number of pyridine rings is 1. The van der Waals surface area contributed by atoms with Gasteiger partial charge in [-0.3, -0.25) is 9.78 Å². The zero-order valence-corrected chi connectivity index (χ0v) is 10.8. The van der Waals surface area contributed by atoms with Crippen molar-refractivity contribution >= 4 is 22.8 Å². The maximum Gasteiger partial charge on any atom is 0.326 e. The van der Waals surface area contributed by atoms with Gasteiger partial charge in [0.15, 0.2) is 0 Å². The van der Waals surface area contributed by atoms with Crippen LogP contribution in [0.15, 0.2) is 36.5 Å². The van der Waals surface area contributed by atoms with E-state index in [0.29, 0.717) is 18.5 Å². The Morgan fingerprint density at radius 2 is 2.10 bits per heavy atom. The minimum absolute atomic E-state index is 0.256. The van der Waals surface area contributed by atoms with Crippen molar-refractivity contribution < 1.29 is 14.7 Å². The minimum atomic E-state index is -0.940. The molecule has 1 aromatic heterocycles. The van der Waals surface area contributed by atoms with Crippen LogP contribution >= 0.6 is 0 Å². The quantitative estimate of drug-likeness (QED) is 0.905. The number of carbonyl (C=O) groups is 2. The molecule has 1 saturated heterocycles. The Morgan fingerprint density at radius 3 is 2.90 bits per heavy atom. The van der Waals surface area contributed by atoms with Crippen molar-refractivity contribution in [3.63, 3.8) is 0 Å². The van der Waals surface area contributed by atoms with Crippen molar-refractivity contribution in [1.82, 2.24) is 9.88 Å². The molecule has 1 unspecified atom stereocenters. The number of aromatic nitrogens is 1. The van der Waals surface area contributed by atoms with Gasteiger partial charge in [0.25, 0.3) is 5.91 Å². The summed E-state index contributed by atoms with van der Waals surface area (Å²) in [5, 5.41) is 10.0. The molecule has 102 valence electrons. The maximum atomic E-state index is 12.4. The molecule has 1 atom stereocenters. The fourth-order valence-electron chi connectivity index (χ4n) is 2.62. The zero-order chi connectivity index (χ0) is 14.1. The first kappa shape index (κ1) is 12.6. The fourth-order valence-corrected chi connectivity index (χ4v) is 2.62. The number of fused-ring (bicyclic) bond motifs is 1. The molecule has 0 bridgehead atoms. The van der Waals surface area contributed by atoms with Gasteiger partial charge >= 0.3 is 5.97 Å². The van der Waals surface area contributed by atoms with Crippen LogP contribution in [0.4, 0.5) is 0 Å². The topological polar surface area (TPSA) is 70.5 Å². The molecule has 0 radical (unpaired) electrons. The molecule has 2 aromatic rings. The Bertz CT molecular complexity index is 684. The Morgan fingerprint density at radius 1 is 1.30 bits per heavy atom. The summed E-state index contributed by atoms with van der Waals surface area (Å²) >= 11 is 0. The first-order valence-electron chi connectivity index (χ1n) is 6.55. The van der Waals surface area contributed by atoms with Gasteiger partial charge < -0.3 is 10.0 Å². The first-order valence-corrected chi connectivity index (χ1v) is 6.55. The van der Waals surface area contributed by atoms with Crippen LogP contribution in [-0.2, 0) is 4.79 Å². The fraction of sp³-hybridized carbons (Fsp3) is 0.267. The molecule has 0 spiro atoms. The lowest BCUT2D eigenvalue weighted by molar-refractivity contribution is -0.141. The highest BCUT2D eigenvalue weighted by Gasteiger charge is 2.34. The number of benzene rings is 1. The van der Waals surface area contributed by atoms with Crippen molar-refractivity contribution in [3.8, 4) is 0 Å². The lowest BCUT2D eigenvalue weighted by Gasteiger charge is -2.21. The summed E-state index contributed by atoms with van der Waals surface area (Å²) in [6.07, 6.45) is 2.76. The third-order valence-electron chi connectivity index (χ3n) is 3.64. The molecule has 1 aliphatic rings. The van der Waals surface area contributed by atoms with Crippen LogP contribution in [0, 0.1) is 0 Å². The second-order valence-corrected chi connectivity index (χ2v) is 4.91. The molecule has 20 heavy (non-hydrogen) atoms. The van der Waals surface area contributed by atoms with Gasteiger partial charge in [0.2, 0.25) is 0 Å². The number of likely N-dealkylation sites (tertiary alicyclic amines) is 1. The van der Waals surface area contributed by atoms with Gasteiger partial charge in [-0.15, -0.1) is 0 Å². The van der Waals surface area contributed by atoms with Crippen molar-refractivity contribution in [2.75, 3.05) is 6.54 Å². The van der Waals surface area contributed by atoms with Crippen LogP contribution < -0.4 is 0 Å². The minimum Gasteiger partial charge on any atom is -0.480 e. The normalized spacial score (nSPS) is 18.4.